The molecule has 3 atom stereocenters. The van der Waals surface area contributed by atoms with Gasteiger partial charge in [-0.15, -0.1) is 0 Å². The monoisotopic (exact) mass is 514 g/mol. The molecule has 0 bridgehead atoms. The van der Waals surface area contributed by atoms with Crippen LogP contribution in [0.2, 0.25) is 0 Å². The molecule has 3 aromatic rings. The predicted molar refractivity (Wildman–Crippen MR) is 146 cm³/mol. The van der Waals surface area contributed by atoms with E-state index in [1.165, 1.54) is 4.90 Å². The van der Waals surface area contributed by atoms with Gasteiger partial charge in [-0.05, 0) is 62.1 Å². The van der Waals surface area contributed by atoms with E-state index in [0.29, 0.717) is 17.9 Å². The molecule has 4 amide bonds. The zero-order valence-corrected chi connectivity index (χ0v) is 22.2. The minimum atomic E-state index is -0.963. The third-order valence-corrected chi connectivity index (χ3v) is 6.90. The Labute approximate surface area is 223 Å². The summed E-state index contributed by atoms with van der Waals surface area (Å²) >= 11 is 0. The van der Waals surface area contributed by atoms with E-state index in [1.54, 1.807) is 43.7 Å². The summed E-state index contributed by atoms with van der Waals surface area (Å²) in [5.41, 5.74) is 10.0. The van der Waals surface area contributed by atoms with Gasteiger partial charge in [-0.2, -0.15) is 0 Å². The van der Waals surface area contributed by atoms with E-state index in [2.05, 4.69) is 15.3 Å². The van der Waals surface area contributed by atoms with E-state index >= 15 is 0 Å². The number of urea groups is 1. The van der Waals surface area contributed by atoms with Crippen molar-refractivity contribution in [2.24, 2.45) is 5.92 Å². The second-order valence-electron chi connectivity index (χ2n) is 9.81. The first-order valence-electron chi connectivity index (χ1n) is 12.8. The number of carbonyl (C=O) groups is 3. The highest BCUT2D eigenvalue weighted by atomic mass is 16.2. The predicted octanol–water partition coefficient (Wildman–Crippen LogP) is 3.96. The van der Waals surface area contributed by atoms with E-state index in [-0.39, 0.29) is 18.4 Å². The number of aromatic nitrogens is 2. The van der Waals surface area contributed by atoms with Gasteiger partial charge in [0.1, 0.15) is 11.9 Å². The van der Waals surface area contributed by atoms with Crippen molar-refractivity contribution in [2.75, 3.05) is 17.7 Å². The number of nitrogen functional groups attached to an aromatic ring is 1. The number of carbonyl (C=O) groups excluding carboxylic acids is 3. The SMILES string of the molecule is CCC[C@@H](NC(=O)N1C(=O)[C@H](Cc2ccnc(N)c2)[C@H]1C(=O)N(C)c1ccnc(C)c1)c1cccc(C)c1. The molecule has 0 radical (unpaired) electrons. The summed E-state index contributed by atoms with van der Waals surface area (Å²) in [7, 11) is 1.64. The molecule has 198 valence electrons. The van der Waals surface area contributed by atoms with Gasteiger partial charge in [-0.3, -0.25) is 19.5 Å². The molecule has 0 spiro atoms. The average molecular weight is 515 g/mol. The lowest BCUT2D eigenvalue weighted by Gasteiger charge is -2.46. The Morgan fingerprint density at radius 2 is 1.87 bits per heavy atom. The van der Waals surface area contributed by atoms with Crippen LogP contribution in [0.3, 0.4) is 0 Å². The molecule has 1 aliphatic heterocycles. The van der Waals surface area contributed by atoms with Gasteiger partial charge in [-0.25, -0.2) is 9.78 Å². The van der Waals surface area contributed by atoms with Crippen LogP contribution < -0.4 is 16.0 Å². The number of imide groups is 1. The van der Waals surface area contributed by atoms with Crippen LogP contribution >= 0.6 is 0 Å². The number of hydrogen-bond acceptors (Lipinski definition) is 6. The van der Waals surface area contributed by atoms with Gasteiger partial charge in [0.05, 0.1) is 12.0 Å². The van der Waals surface area contributed by atoms with Crippen molar-refractivity contribution in [2.45, 2.75) is 52.1 Å². The van der Waals surface area contributed by atoms with Gasteiger partial charge in [0.15, 0.2) is 0 Å². The van der Waals surface area contributed by atoms with Gasteiger partial charge in [0, 0.05) is 30.8 Å². The molecule has 0 aliphatic carbocycles. The Balaban J connectivity index is 1.62. The fraction of sp³-hybridized carbons (Fsp3) is 0.345. The molecular weight excluding hydrogens is 480 g/mol. The van der Waals surface area contributed by atoms with Crippen molar-refractivity contribution in [1.82, 2.24) is 20.2 Å². The number of rotatable bonds is 8. The molecular formula is C29H34N6O3. The molecule has 4 rings (SSSR count). The highest BCUT2D eigenvalue weighted by molar-refractivity contribution is 6.12. The van der Waals surface area contributed by atoms with Gasteiger partial charge in [-0.1, -0.05) is 43.2 Å². The van der Waals surface area contributed by atoms with E-state index in [1.807, 2.05) is 45.0 Å². The lowest BCUT2D eigenvalue weighted by Crippen LogP contribution is -2.70. The fourth-order valence-electron chi connectivity index (χ4n) is 4.91. The molecule has 9 nitrogen and oxygen atoms in total. The first kappa shape index (κ1) is 26.8. The van der Waals surface area contributed by atoms with Crippen molar-refractivity contribution >= 4 is 29.4 Å². The standard InChI is InChI=1S/C29H34N6O3/c1-5-7-24(21-9-6-8-18(2)14-21)33-29(38)35-26(28(37)34(4)22-11-13-31-19(3)15-22)23(27(35)36)16-20-10-12-32-25(30)17-20/h6,8-15,17,23-24,26H,5,7,16H2,1-4H3,(H2,30,32)(H,33,38)/t23-,24-,26+/m1/s1. The first-order chi connectivity index (χ1) is 18.2. The molecule has 1 fully saturated rings. The molecule has 3 N–H and O–H groups in total. The van der Waals surface area contributed by atoms with Crippen LogP contribution in [0.25, 0.3) is 0 Å². The van der Waals surface area contributed by atoms with Crippen LogP contribution in [0.5, 0.6) is 0 Å². The number of β-lactam (4-membered cyclic amide) rings is 1. The summed E-state index contributed by atoms with van der Waals surface area (Å²) in [5, 5.41) is 3.02. The van der Waals surface area contributed by atoms with E-state index in [4.69, 9.17) is 5.73 Å². The van der Waals surface area contributed by atoms with Gasteiger partial charge >= 0.3 is 6.03 Å². The molecule has 38 heavy (non-hydrogen) atoms. The average Bonchev–Trinajstić information content (AvgIpc) is 2.89. The minimum Gasteiger partial charge on any atom is -0.384 e. The lowest BCUT2D eigenvalue weighted by atomic mass is 9.81. The summed E-state index contributed by atoms with van der Waals surface area (Å²) in [6.45, 7) is 5.87. The van der Waals surface area contributed by atoms with Gasteiger partial charge in [0.2, 0.25) is 5.91 Å². The Hall–Kier alpha value is -4.27. The van der Waals surface area contributed by atoms with Crippen LogP contribution in [-0.4, -0.2) is 45.8 Å². The molecule has 1 aromatic carbocycles. The van der Waals surface area contributed by atoms with Crippen LogP contribution in [0.15, 0.2) is 60.9 Å². The number of benzene rings is 1. The summed E-state index contributed by atoms with van der Waals surface area (Å²) in [6, 6.07) is 13.1. The quantitative estimate of drug-likeness (QED) is 0.439. The molecule has 9 heteroatoms. The van der Waals surface area contributed by atoms with Crippen molar-refractivity contribution in [1.29, 1.82) is 0 Å². The third kappa shape index (κ3) is 5.66. The van der Waals surface area contributed by atoms with Crippen molar-refractivity contribution in [3.05, 3.63) is 83.3 Å². The Kier molecular flexibility index (Phi) is 8.05. The highest BCUT2D eigenvalue weighted by Crippen LogP contribution is 2.33. The van der Waals surface area contributed by atoms with Crippen LogP contribution in [0.1, 0.15) is 48.2 Å². The number of likely N-dealkylation sites (N-methyl/N-ethyl adjacent to an activating group) is 1. The van der Waals surface area contributed by atoms with Crippen LogP contribution in [0, 0.1) is 19.8 Å². The fourth-order valence-corrected chi connectivity index (χ4v) is 4.91. The first-order valence-corrected chi connectivity index (χ1v) is 12.8. The molecule has 2 aromatic heterocycles. The number of nitrogens with one attached hydrogen (secondary N) is 1. The summed E-state index contributed by atoms with van der Waals surface area (Å²) < 4.78 is 0. The van der Waals surface area contributed by atoms with Crippen molar-refractivity contribution < 1.29 is 14.4 Å². The molecule has 0 saturated carbocycles. The number of nitrogens with two attached hydrogens (primary N) is 1. The Morgan fingerprint density at radius 3 is 2.55 bits per heavy atom. The van der Waals surface area contributed by atoms with Crippen molar-refractivity contribution in [3.8, 4) is 0 Å². The molecule has 0 unspecified atom stereocenters. The molecule has 3 heterocycles. The number of hydrogen-bond donors (Lipinski definition) is 2. The van der Waals surface area contributed by atoms with Gasteiger partial charge < -0.3 is 16.0 Å². The topological polar surface area (TPSA) is 122 Å². The van der Waals surface area contributed by atoms with E-state index in [0.717, 1.165) is 33.7 Å². The second kappa shape index (κ2) is 11.4. The van der Waals surface area contributed by atoms with Crippen LogP contribution in [0.4, 0.5) is 16.3 Å². The number of anilines is 2. The third-order valence-electron chi connectivity index (χ3n) is 6.90. The second-order valence-corrected chi connectivity index (χ2v) is 9.81. The summed E-state index contributed by atoms with van der Waals surface area (Å²) in [6.07, 6.45) is 5.00. The number of nitrogens with zero attached hydrogens (tertiary/aromatic N) is 4. The summed E-state index contributed by atoms with van der Waals surface area (Å²) in [5.74, 6) is -1.12. The Bertz CT molecular complexity index is 1340. The van der Waals surface area contributed by atoms with E-state index in [9.17, 15) is 14.4 Å². The summed E-state index contributed by atoms with van der Waals surface area (Å²) in [4.78, 5) is 51.5. The maximum Gasteiger partial charge on any atom is 0.325 e. The Morgan fingerprint density at radius 1 is 1.11 bits per heavy atom. The molecule has 1 aliphatic rings. The van der Waals surface area contributed by atoms with Crippen molar-refractivity contribution in [3.63, 3.8) is 0 Å². The highest BCUT2D eigenvalue weighted by Gasteiger charge is 2.55. The van der Waals surface area contributed by atoms with E-state index < -0.39 is 23.9 Å². The van der Waals surface area contributed by atoms with Crippen LogP contribution in [-0.2, 0) is 16.0 Å². The number of amides is 4. The number of aryl methyl sites for hydroxylation is 2. The zero-order valence-electron chi connectivity index (χ0n) is 22.2. The largest absolute Gasteiger partial charge is 0.384 e. The maximum absolute atomic E-state index is 13.8. The number of pyridine rings is 2. The zero-order chi connectivity index (χ0) is 27.4. The lowest BCUT2D eigenvalue weighted by molar-refractivity contribution is -0.156. The maximum atomic E-state index is 13.8. The van der Waals surface area contributed by atoms with Gasteiger partial charge in [0.25, 0.3) is 5.91 Å². The molecule has 1 saturated heterocycles. The number of likely N-dealkylation sites (tertiary alicyclic amines) is 1. The normalized spacial score (nSPS) is 17.5. The smallest absolute Gasteiger partial charge is 0.325 e. The minimum absolute atomic E-state index is 0.269.